The highest BCUT2D eigenvalue weighted by atomic mass is 32.1. The Morgan fingerprint density at radius 1 is 0.919 bits per heavy atom. The summed E-state index contributed by atoms with van der Waals surface area (Å²) >= 11 is 1.26. The summed E-state index contributed by atoms with van der Waals surface area (Å²) in [6, 6.07) is 12.8. The lowest BCUT2D eigenvalue weighted by Gasteiger charge is -2.39. The molecule has 1 heterocycles. The highest BCUT2D eigenvalue weighted by Crippen LogP contribution is 2.31. The largest absolute Gasteiger partial charge is 0.478 e. The maximum absolute atomic E-state index is 12.8. The van der Waals surface area contributed by atoms with Gasteiger partial charge < -0.3 is 36.2 Å². The summed E-state index contributed by atoms with van der Waals surface area (Å²) in [6.45, 7) is 0. The zero-order valence-corrected chi connectivity index (χ0v) is 20.1. The smallest absolute Gasteiger partial charge is 0.335 e. The van der Waals surface area contributed by atoms with Gasteiger partial charge in [-0.3, -0.25) is 14.4 Å². The molecule has 194 valence electrons. The van der Waals surface area contributed by atoms with E-state index in [2.05, 4.69) is 10.6 Å². The second kappa shape index (κ2) is 10.4. The molecule has 1 aliphatic rings. The first-order valence-electron chi connectivity index (χ1n) is 11.2. The molecule has 2 aromatic carbocycles. The summed E-state index contributed by atoms with van der Waals surface area (Å²) in [4.78, 5) is 49.9. The van der Waals surface area contributed by atoms with Crippen LogP contribution in [0, 0.1) is 0 Å². The minimum Gasteiger partial charge on any atom is -0.478 e. The summed E-state index contributed by atoms with van der Waals surface area (Å²) in [5.41, 5.74) is -2.38. The third-order valence-electron chi connectivity index (χ3n) is 6.09. The molecule has 1 saturated carbocycles. The molecular weight excluding hydrogens is 504 g/mol. The number of benzene rings is 2. The number of carboxylic acid groups (broad SMARTS) is 1. The molecule has 37 heavy (non-hydrogen) atoms. The van der Waals surface area contributed by atoms with E-state index >= 15 is 0 Å². The van der Waals surface area contributed by atoms with Crippen LogP contribution in [0.5, 0.6) is 0 Å². The van der Waals surface area contributed by atoms with Gasteiger partial charge in [0.25, 0.3) is 5.91 Å². The highest BCUT2D eigenvalue weighted by molar-refractivity contribution is 7.20. The fraction of sp³-hybridized carbons (Fsp3) is 0.280. The molecule has 0 bridgehead atoms. The van der Waals surface area contributed by atoms with Crippen molar-refractivity contribution in [3.8, 4) is 0 Å². The second-order valence-electron chi connectivity index (χ2n) is 8.92. The van der Waals surface area contributed by atoms with Crippen LogP contribution in [-0.2, 0) is 9.59 Å². The molecule has 1 aromatic heterocycles. The van der Waals surface area contributed by atoms with Gasteiger partial charge in [0.2, 0.25) is 5.91 Å². The van der Waals surface area contributed by atoms with E-state index in [0.717, 1.165) is 16.2 Å². The third-order valence-corrected chi connectivity index (χ3v) is 7.21. The third kappa shape index (κ3) is 5.84. The summed E-state index contributed by atoms with van der Waals surface area (Å²) in [6.07, 6.45) is -6.59. The standard InChI is InChI=1S/C25H24N2O9S/c28-16-10-25(36,11-17(29)22(16)32)20(30)9-21(31)26-14-5-13(24(34)35)6-15(8-14)27-23(33)19-7-12-3-1-2-4-18(12)37-19/h1-8,16-17,22,28-29,32,36H,9-11H2,(H,26,31)(H,27,33)(H,34,35)/t16-,17-,22?,25?/m1/s1. The number of anilines is 2. The van der Waals surface area contributed by atoms with Crippen molar-refractivity contribution >= 4 is 56.4 Å². The van der Waals surface area contributed by atoms with Gasteiger partial charge in [-0.25, -0.2) is 4.79 Å². The average molecular weight is 529 g/mol. The lowest BCUT2D eigenvalue weighted by molar-refractivity contribution is -0.171. The number of fused-ring (bicyclic) bond motifs is 1. The monoisotopic (exact) mass is 528 g/mol. The Morgan fingerprint density at radius 3 is 2.16 bits per heavy atom. The van der Waals surface area contributed by atoms with Crippen molar-refractivity contribution in [2.24, 2.45) is 0 Å². The van der Waals surface area contributed by atoms with Crippen LogP contribution < -0.4 is 10.6 Å². The number of nitrogens with one attached hydrogen (secondary N) is 2. The SMILES string of the molecule is O=C(CC(=O)C1(O)C[C@@H](O)C(O)[C@H](O)C1)Nc1cc(NC(=O)c2cc3ccccc3s2)cc(C(=O)O)c1. The van der Waals surface area contributed by atoms with E-state index in [9.17, 15) is 44.7 Å². The molecule has 3 aromatic rings. The molecule has 4 rings (SSSR count). The second-order valence-corrected chi connectivity index (χ2v) is 10.0. The first-order valence-corrected chi connectivity index (χ1v) is 12.0. The molecule has 2 amide bonds. The Bertz CT molecular complexity index is 1340. The predicted octanol–water partition coefficient (Wildman–Crippen LogP) is 1.36. The van der Waals surface area contributed by atoms with Crippen LogP contribution >= 0.6 is 11.3 Å². The van der Waals surface area contributed by atoms with Crippen molar-refractivity contribution in [3.63, 3.8) is 0 Å². The number of carbonyl (C=O) groups is 4. The van der Waals surface area contributed by atoms with E-state index in [0.29, 0.717) is 4.88 Å². The van der Waals surface area contributed by atoms with E-state index in [1.165, 1.54) is 23.5 Å². The molecule has 0 spiro atoms. The number of thiophene rings is 1. The molecule has 1 fully saturated rings. The lowest BCUT2D eigenvalue weighted by Crippen LogP contribution is -2.56. The topological polar surface area (TPSA) is 193 Å². The van der Waals surface area contributed by atoms with Crippen molar-refractivity contribution in [2.75, 3.05) is 10.6 Å². The van der Waals surface area contributed by atoms with E-state index in [-0.39, 0.29) is 16.9 Å². The van der Waals surface area contributed by atoms with E-state index < -0.39 is 66.7 Å². The van der Waals surface area contributed by atoms with Crippen LogP contribution in [0.25, 0.3) is 10.1 Å². The molecule has 11 nitrogen and oxygen atoms in total. The summed E-state index contributed by atoms with van der Waals surface area (Å²) in [5, 5.41) is 55.1. The minimum absolute atomic E-state index is 0.0181. The first kappa shape index (κ1) is 26.4. The quantitative estimate of drug-likeness (QED) is 0.222. The Hall–Kier alpha value is -3.68. The number of aromatic carboxylic acids is 1. The van der Waals surface area contributed by atoms with Crippen LogP contribution in [0.2, 0.25) is 0 Å². The number of rotatable bonds is 7. The number of amides is 2. The Morgan fingerprint density at radius 2 is 1.54 bits per heavy atom. The van der Waals surface area contributed by atoms with E-state index in [4.69, 9.17) is 0 Å². The van der Waals surface area contributed by atoms with Crippen molar-refractivity contribution in [1.82, 2.24) is 0 Å². The number of carbonyl (C=O) groups excluding carboxylic acids is 3. The number of aliphatic hydroxyl groups excluding tert-OH is 3. The molecular formula is C25H24N2O9S. The summed E-state index contributed by atoms with van der Waals surface area (Å²) in [7, 11) is 0. The zero-order chi connectivity index (χ0) is 26.9. The molecule has 7 N–H and O–H groups in total. The van der Waals surface area contributed by atoms with Crippen molar-refractivity contribution < 1.29 is 44.7 Å². The lowest BCUT2D eigenvalue weighted by atomic mass is 9.76. The number of ketones is 1. The van der Waals surface area contributed by atoms with Crippen LogP contribution in [0.3, 0.4) is 0 Å². The molecule has 0 saturated heterocycles. The number of hydrogen-bond donors (Lipinski definition) is 7. The van der Waals surface area contributed by atoms with E-state index in [1.807, 2.05) is 24.3 Å². The number of hydrogen-bond acceptors (Lipinski definition) is 9. The normalized spacial score (nSPS) is 23.4. The van der Waals surface area contributed by atoms with Gasteiger partial charge in [-0.05, 0) is 35.7 Å². The van der Waals surface area contributed by atoms with E-state index in [1.54, 1.807) is 6.07 Å². The van der Waals surface area contributed by atoms with Gasteiger partial charge >= 0.3 is 5.97 Å². The molecule has 1 aliphatic carbocycles. The van der Waals surface area contributed by atoms with Crippen LogP contribution in [0.15, 0.2) is 48.5 Å². The fourth-order valence-electron chi connectivity index (χ4n) is 4.20. The minimum atomic E-state index is -2.22. The van der Waals surface area contributed by atoms with Crippen LogP contribution in [0.1, 0.15) is 39.3 Å². The fourth-order valence-corrected chi connectivity index (χ4v) is 5.16. The molecule has 0 unspecified atom stereocenters. The molecule has 2 atom stereocenters. The van der Waals surface area contributed by atoms with Crippen molar-refractivity contribution in [3.05, 3.63) is 59.0 Å². The Labute approximate surface area is 214 Å². The van der Waals surface area contributed by atoms with Gasteiger partial charge in [-0.1, -0.05) is 18.2 Å². The van der Waals surface area contributed by atoms with Gasteiger partial charge in [0.05, 0.1) is 29.1 Å². The first-order chi connectivity index (χ1) is 17.4. The number of carboxylic acids is 1. The van der Waals surface area contributed by atoms with Gasteiger partial charge in [0.1, 0.15) is 11.7 Å². The maximum atomic E-state index is 12.8. The van der Waals surface area contributed by atoms with Gasteiger partial charge in [0.15, 0.2) is 5.78 Å². The Kier molecular flexibility index (Phi) is 7.39. The van der Waals surface area contributed by atoms with Crippen molar-refractivity contribution in [2.45, 2.75) is 43.2 Å². The summed E-state index contributed by atoms with van der Waals surface area (Å²) < 4.78 is 0.902. The van der Waals surface area contributed by atoms with Crippen molar-refractivity contribution in [1.29, 1.82) is 0 Å². The van der Waals surface area contributed by atoms with Gasteiger partial charge in [-0.2, -0.15) is 0 Å². The van der Waals surface area contributed by atoms with Crippen LogP contribution in [-0.4, -0.2) is 73.0 Å². The predicted molar refractivity (Wildman–Crippen MR) is 134 cm³/mol. The van der Waals surface area contributed by atoms with Gasteiger partial charge in [0, 0.05) is 28.9 Å². The molecule has 0 aliphatic heterocycles. The zero-order valence-electron chi connectivity index (χ0n) is 19.2. The number of aliphatic hydroxyl groups is 4. The Balaban J connectivity index is 1.48. The summed E-state index contributed by atoms with van der Waals surface area (Å²) in [5.74, 6) is -3.67. The maximum Gasteiger partial charge on any atom is 0.335 e. The van der Waals surface area contributed by atoms with Crippen LogP contribution in [0.4, 0.5) is 11.4 Å². The average Bonchev–Trinajstić information content (AvgIpc) is 3.27. The number of Topliss-reactive ketones (excluding diaryl/α,β-unsaturated/α-hetero) is 1. The molecule has 12 heteroatoms. The molecule has 0 radical (unpaired) electrons. The highest BCUT2D eigenvalue weighted by Gasteiger charge is 2.48. The van der Waals surface area contributed by atoms with Gasteiger partial charge in [-0.15, -0.1) is 11.3 Å².